The Morgan fingerprint density at radius 3 is 2.25 bits per heavy atom. The zero-order chi connectivity index (χ0) is 14.9. The van der Waals surface area contributed by atoms with Gasteiger partial charge in [-0.1, -0.05) is 47.0 Å². The van der Waals surface area contributed by atoms with Gasteiger partial charge in [0.25, 0.3) is 0 Å². The molecule has 0 N–H and O–H groups in total. The van der Waals surface area contributed by atoms with E-state index in [9.17, 15) is 9.36 Å². The normalized spacial score (nSPS) is 12.2. The summed E-state index contributed by atoms with van der Waals surface area (Å²) in [5.74, 6) is 0. The summed E-state index contributed by atoms with van der Waals surface area (Å²) in [4.78, 5) is 12.4. The number of hydrogen-bond acceptors (Lipinski definition) is 2. The van der Waals surface area contributed by atoms with Gasteiger partial charge in [-0.15, -0.1) is 0 Å². The third-order valence-corrected chi connectivity index (χ3v) is 5.35. The molecule has 2 nitrogen and oxygen atoms in total. The van der Waals surface area contributed by atoms with E-state index in [1.807, 2.05) is 26.0 Å². The van der Waals surface area contributed by atoms with Gasteiger partial charge < -0.3 is 4.57 Å². The van der Waals surface area contributed by atoms with Gasteiger partial charge in [-0.3, -0.25) is 4.79 Å². The molecule has 0 heterocycles. The first kappa shape index (κ1) is 15.3. The first-order valence-electron chi connectivity index (χ1n) is 6.02. The number of carbonyl (C=O) groups is 1. The van der Waals surface area contributed by atoms with E-state index >= 15 is 0 Å². The SMILES string of the molecule is Cc1ccc(C)c([PH](=O)C(=O)c2c(Cl)cccc2Cl)c1. The summed E-state index contributed by atoms with van der Waals surface area (Å²) in [5, 5.41) is 1.02. The predicted octanol–water partition coefficient (Wildman–Crippen LogP) is 4.64. The molecule has 2 aromatic rings. The van der Waals surface area contributed by atoms with Crippen LogP contribution in [-0.4, -0.2) is 5.52 Å². The fraction of sp³-hybridized carbons (Fsp3) is 0.133. The van der Waals surface area contributed by atoms with Gasteiger partial charge >= 0.3 is 0 Å². The van der Waals surface area contributed by atoms with Gasteiger partial charge in [0.1, 0.15) is 0 Å². The van der Waals surface area contributed by atoms with Crippen LogP contribution in [0.25, 0.3) is 0 Å². The Bertz CT molecular complexity index is 691. The molecule has 0 fully saturated rings. The van der Waals surface area contributed by atoms with Crippen molar-refractivity contribution in [1.82, 2.24) is 0 Å². The Kier molecular flexibility index (Phi) is 4.70. The monoisotopic (exact) mass is 326 g/mol. The average Bonchev–Trinajstić information content (AvgIpc) is 2.40. The van der Waals surface area contributed by atoms with Gasteiger partial charge in [0.15, 0.2) is 7.80 Å². The first-order valence-corrected chi connectivity index (χ1v) is 8.18. The lowest BCUT2D eigenvalue weighted by Crippen LogP contribution is -2.09. The van der Waals surface area contributed by atoms with E-state index in [4.69, 9.17) is 23.2 Å². The molecule has 0 bridgehead atoms. The number of halogens is 2. The molecule has 1 unspecified atom stereocenters. The highest BCUT2D eigenvalue weighted by molar-refractivity contribution is 7.71. The van der Waals surface area contributed by atoms with Crippen LogP contribution in [0.15, 0.2) is 36.4 Å². The van der Waals surface area contributed by atoms with Crippen molar-refractivity contribution < 1.29 is 9.36 Å². The van der Waals surface area contributed by atoms with Crippen LogP contribution >= 0.6 is 31.0 Å². The molecule has 2 aromatic carbocycles. The van der Waals surface area contributed by atoms with E-state index in [0.29, 0.717) is 5.30 Å². The van der Waals surface area contributed by atoms with Crippen molar-refractivity contribution in [1.29, 1.82) is 0 Å². The summed E-state index contributed by atoms with van der Waals surface area (Å²) >= 11 is 12.0. The zero-order valence-electron chi connectivity index (χ0n) is 11.0. The molecule has 0 aliphatic carbocycles. The Morgan fingerprint density at radius 1 is 1.05 bits per heavy atom. The predicted molar refractivity (Wildman–Crippen MR) is 85.3 cm³/mol. The van der Waals surface area contributed by atoms with Crippen LogP contribution in [0.3, 0.4) is 0 Å². The molecule has 1 atom stereocenters. The molecule has 0 aliphatic rings. The number of carbonyl (C=O) groups excluding carboxylic acids is 1. The van der Waals surface area contributed by atoms with E-state index < -0.39 is 13.3 Å². The topological polar surface area (TPSA) is 34.1 Å². The molecular formula is C15H13Cl2O2P. The lowest BCUT2D eigenvalue weighted by Gasteiger charge is -2.09. The Hall–Kier alpha value is -1.08. The molecule has 20 heavy (non-hydrogen) atoms. The summed E-state index contributed by atoms with van der Waals surface area (Å²) in [5.41, 5.74) is 1.43. The second kappa shape index (κ2) is 6.13. The summed E-state index contributed by atoms with van der Waals surface area (Å²) in [7, 11) is -2.65. The maximum Gasteiger partial charge on any atom is 0.225 e. The molecule has 0 radical (unpaired) electrons. The van der Waals surface area contributed by atoms with Crippen molar-refractivity contribution in [2.75, 3.05) is 0 Å². The summed E-state index contributed by atoms with van der Waals surface area (Å²) < 4.78 is 12.5. The van der Waals surface area contributed by atoms with Crippen LogP contribution in [0.2, 0.25) is 10.0 Å². The molecule has 0 spiro atoms. The largest absolute Gasteiger partial charge is 0.313 e. The van der Waals surface area contributed by atoms with E-state index in [0.717, 1.165) is 11.1 Å². The van der Waals surface area contributed by atoms with Crippen molar-refractivity contribution in [3.05, 3.63) is 63.1 Å². The fourth-order valence-electron chi connectivity index (χ4n) is 1.93. The standard InChI is InChI=1S/C15H13Cl2O2P/c1-9-6-7-10(2)13(8-9)20(19)15(18)14-11(16)4-3-5-12(14)17/h3-8,20H,1-2H3. The number of rotatable bonds is 3. The van der Waals surface area contributed by atoms with Crippen LogP contribution in [-0.2, 0) is 4.57 Å². The zero-order valence-corrected chi connectivity index (χ0v) is 13.5. The fourth-order valence-corrected chi connectivity index (χ4v) is 4.20. The van der Waals surface area contributed by atoms with Crippen LogP contribution in [0.1, 0.15) is 21.5 Å². The second-order valence-corrected chi connectivity index (χ2v) is 7.04. The lowest BCUT2D eigenvalue weighted by atomic mass is 10.2. The molecule has 104 valence electrons. The molecule has 0 aromatic heterocycles. The first-order chi connectivity index (χ1) is 9.41. The Morgan fingerprint density at radius 2 is 1.65 bits per heavy atom. The van der Waals surface area contributed by atoms with Gasteiger partial charge in [0, 0.05) is 5.30 Å². The maximum atomic E-state index is 12.5. The van der Waals surface area contributed by atoms with Crippen LogP contribution < -0.4 is 5.30 Å². The van der Waals surface area contributed by atoms with E-state index in [1.54, 1.807) is 24.3 Å². The van der Waals surface area contributed by atoms with E-state index in [1.165, 1.54) is 0 Å². The minimum atomic E-state index is -2.65. The molecule has 0 amide bonds. The van der Waals surface area contributed by atoms with E-state index in [2.05, 4.69) is 0 Å². The van der Waals surface area contributed by atoms with Gasteiger partial charge in [-0.25, -0.2) is 0 Å². The molecule has 5 heteroatoms. The quantitative estimate of drug-likeness (QED) is 0.770. The van der Waals surface area contributed by atoms with Crippen molar-refractivity contribution in [3.63, 3.8) is 0 Å². The van der Waals surface area contributed by atoms with Crippen molar-refractivity contribution in [3.8, 4) is 0 Å². The van der Waals surface area contributed by atoms with Crippen molar-refractivity contribution in [2.45, 2.75) is 13.8 Å². The molecule has 0 saturated heterocycles. The van der Waals surface area contributed by atoms with Crippen molar-refractivity contribution >= 4 is 41.8 Å². The summed E-state index contributed by atoms with van der Waals surface area (Å²) in [6.45, 7) is 3.73. The third-order valence-electron chi connectivity index (χ3n) is 3.03. The highest BCUT2D eigenvalue weighted by Crippen LogP contribution is 2.35. The highest BCUT2D eigenvalue weighted by Gasteiger charge is 2.22. The Balaban J connectivity index is 2.49. The second-order valence-electron chi connectivity index (χ2n) is 4.57. The van der Waals surface area contributed by atoms with Crippen LogP contribution in [0.5, 0.6) is 0 Å². The van der Waals surface area contributed by atoms with Crippen LogP contribution in [0, 0.1) is 13.8 Å². The third kappa shape index (κ3) is 2.98. The number of benzene rings is 2. The maximum absolute atomic E-state index is 12.5. The van der Waals surface area contributed by atoms with Gasteiger partial charge in [0.05, 0.1) is 15.6 Å². The lowest BCUT2D eigenvalue weighted by molar-refractivity contribution is 0.108. The Labute approximate surface area is 128 Å². The minimum Gasteiger partial charge on any atom is -0.313 e. The molecule has 0 aliphatic heterocycles. The number of aryl methyl sites for hydroxylation is 2. The summed E-state index contributed by atoms with van der Waals surface area (Å²) in [6, 6.07) is 10.3. The number of hydrogen-bond donors (Lipinski definition) is 0. The van der Waals surface area contributed by atoms with E-state index in [-0.39, 0.29) is 15.6 Å². The highest BCUT2D eigenvalue weighted by atomic mass is 35.5. The summed E-state index contributed by atoms with van der Waals surface area (Å²) in [6.07, 6.45) is 0. The minimum absolute atomic E-state index is 0.139. The molecule has 0 saturated carbocycles. The average molecular weight is 327 g/mol. The molecule has 2 rings (SSSR count). The van der Waals surface area contributed by atoms with Crippen LogP contribution in [0.4, 0.5) is 0 Å². The van der Waals surface area contributed by atoms with Gasteiger partial charge in [0.2, 0.25) is 5.52 Å². The van der Waals surface area contributed by atoms with Gasteiger partial charge in [-0.2, -0.15) is 0 Å². The smallest absolute Gasteiger partial charge is 0.225 e. The molecular weight excluding hydrogens is 314 g/mol. The van der Waals surface area contributed by atoms with Crippen molar-refractivity contribution in [2.24, 2.45) is 0 Å². The van der Waals surface area contributed by atoms with Gasteiger partial charge in [-0.05, 0) is 37.6 Å².